The Morgan fingerprint density at radius 2 is 2.22 bits per heavy atom. The van der Waals surface area contributed by atoms with E-state index in [1.165, 1.54) is 0 Å². The third-order valence-electron chi connectivity index (χ3n) is 2.34. The minimum atomic E-state index is 0.333. The van der Waals surface area contributed by atoms with Crippen LogP contribution in [0.1, 0.15) is 11.4 Å². The molecule has 1 N–H and O–H groups in total. The molecule has 2 aromatic heterocycles. The van der Waals surface area contributed by atoms with E-state index in [1.54, 1.807) is 31.5 Å². The van der Waals surface area contributed by atoms with E-state index in [1.807, 2.05) is 19.1 Å². The molecule has 0 aliphatic heterocycles. The lowest BCUT2D eigenvalue weighted by atomic mass is 10.3. The molecule has 0 aromatic carbocycles. The number of aromatic nitrogens is 2. The van der Waals surface area contributed by atoms with E-state index in [0.29, 0.717) is 22.9 Å². The first-order chi connectivity index (χ1) is 8.72. The van der Waals surface area contributed by atoms with Gasteiger partial charge >= 0.3 is 0 Å². The molecule has 0 unspecified atom stereocenters. The zero-order chi connectivity index (χ0) is 13.0. The molecule has 5 heteroatoms. The zero-order valence-corrected chi connectivity index (χ0v) is 10.1. The highest BCUT2D eigenvalue weighted by molar-refractivity contribution is 5.62. The van der Waals surface area contributed by atoms with Crippen LogP contribution in [0.2, 0.25) is 0 Å². The second-order valence-corrected chi connectivity index (χ2v) is 3.67. The number of ether oxygens (including phenoxy) is 1. The molecular formula is C13H12N4O. The summed E-state index contributed by atoms with van der Waals surface area (Å²) in [5, 5.41) is 12.0. The Balaban J connectivity index is 2.34. The summed E-state index contributed by atoms with van der Waals surface area (Å²) in [6.45, 7) is 1.88. The summed E-state index contributed by atoms with van der Waals surface area (Å²) in [4.78, 5) is 8.30. The average molecular weight is 240 g/mol. The summed E-state index contributed by atoms with van der Waals surface area (Å²) in [5.41, 5.74) is 1.79. The van der Waals surface area contributed by atoms with Crippen molar-refractivity contribution in [3.05, 3.63) is 41.9 Å². The van der Waals surface area contributed by atoms with Crippen LogP contribution < -0.4 is 10.1 Å². The van der Waals surface area contributed by atoms with Gasteiger partial charge in [0.15, 0.2) is 5.69 Å². The predicted octanol–water partition coefficient (Wildman–Crippen LogP) is 2.41. The molecule has 0 saturated carbocycles. The molecule has 0 fully saturated rings. The van der Waals surface area contributed by atoms with Crippen molar-refractivity contribution in [3.63, 3.8) is 0 Å². The van der Waals surface area contributed by atoms with E-state index < -0.39 is 0 Å². The molecule has 0 radical (unpaired) electrons. The van der Waals surface area contributed by atoms with Gasteiger partial charge in [-0.15, -0.1) is 0 Å². The Morgan fingerprint density at radius 3 is 2.94 bits per heavy atom. The summed E-state index contributed by atoms with van der Waals surface area (Å²) >= 11 is 0. The van der Waals surface area contributed by atoms with Gasteiger partial charge in [0.25, 0.3) is 0 Å². The number of nitrogens with one attached hydrogen (secondary N) is 1. The minimum Gasteiger partial charge on any atom is -0.497 e. The van der Waals surface area contributed by atoms with Crippen molar-refractivity contribution in [2.75, 3.05) is 12.4 Å². The zero-order valence-electron chi connectivity index (χ0n) is 10.1. The van der Waals surface area contributed by atoms with E-state index in [9.17, 15) is 0 Å². The third kappa shape index (κ3) is 2.55. The Kier molecular flexibility index (Phi) is 3.39. The van der Waals surface area contributed by atoms with Crippen LogP contribution in [0.5, 0.6) is 5.75 Å². The lowest BCUT2D eigenvalue weighted by Gasteiger charge is -2.09. The average Bonchev–Trinajstić information content (AvgIpc) is 2.38. The largest absolute Gasteiger partial charge is 0.497 e. The lowest BCUT2D eigenvalue weighted by molar-refractivity contribution is 0.414. The molecule has 0 amide bonds. The normalized spacial score (nSPS) is 9.61. The fourth-order valence-corrected chi connectivity index (χ4v) is 1.55. The van der Waals surface area contributed by atoms with Crippen LogP contribution in [-0.2, 0) is 0 Å². The van der Waals surface area contributed by atoms with Gasteiger partial charge in [-0.1, -0.05) is 0 Å². The van der Waals surface area contributed by atoms with Crippen LogP contribution in [0.15, 0.2) is 30.5 Å². The second-order valence-electron chi connectivity index (χ2n) is 3.67. The van der Waals surface area contributed by atoms with Gasteiger partial charge in [0.05, 0.1) is 12.8 Å². The molecule has 2 heterocycles. The SMILES string of the molecule is COc1cc(C)nc(Nc2cccnc2C#N)c1. The highest BCUT2D eigenvalue weighted by Crippen LogP contribution is 2.21. The number of pyridine rings is 2. The molecule has 0 saturated heterocycles. The molecule has 0 spiro atoms. The fourth-order valence-electron chi connectivity index (χ4n) is 1.55. The van der Waals surface area contributed by atoms with E-state index in [-0.39, 0.29) is 0 Å². The molecule has 2 rings (SSSR count). The van der Waals surface area contributed by atoms with Gasteiger partial charge in [-0.05, 0) is 19.1 Å². The van der Waals surface area contributed by atoms with E-state index in [2.05, 4.69) is 15.3 Å². The standard InChI is InChI=1S/C13H12N4O/c1-9-6-10(18-2)7-13(16-9)17-11-4-3-5-15-12(11)8-14/h3-7H,1-2H3,(H,16,17). The Hall–Kier alpha value is -2.61. The highest BCUT2D eigenvalue weighted by Gasteiger charge is 2.05. The molecular weight excluding hydrogens is 228 g/mol. The second kappa shape index (κ2) is 5.15. The molecule has 0 atom stereocenters. The first-order valence-electron chi connectivity index (χ1n) is 5.38. The van der Waals surface area contributed by atoms with Crippen LogP contribution in [0.4, 0.5) is 11.5 Å². The van der Waals surface area contributed by atoms with Gasteiger partial charge in [0.2, 0.25) is 0 Å². The van der Waals surface area contributed by atoms with Gasteiger partial charge in [-0.3, -0.25) is 0 Å². The Labute approximate surface area is 105 Å². The number of rotatable bonds is 3. The number of aryl methyl sites for hydroxylation is 1. The van der Waals surface area contributed by atoms with Gasteiger partial charge in [0.1, 0.15) is 17.6 Å². The molecule has 5 nitrogen and oxygen atoms in total. The fraction of sp³-hybridized carbons (Fsp3) is 0.154. The number of hydrogen-bond acceptors (Lipinski definition) is 5. The van der Waals surface area contributed by atoms with Gasteiger partial charge in [0, 0.05) is 24.0 Å². The van der Waals surface area contributed by atoms with Crippen LogP contribution in [0.3, 0.4) is 0 Å². The van der Waals surface area contributed by atoms with Crippen molar-refractivity contribution in [1.82, 2.24) is 9.97 Å². The lowest BCUT2D eigenvalue weighted by Crippen LogP contribution is -1.99. The van der Waals surface area contributed by atoms with Gasteiger partial charge < -0.3 is 10.1 Å². The number of methoxy groups -OCH3 is 1. The molecule has 0 bridgehead atoms. The number of nitriles is 1. The summed E-state index contributed by atoms with van der Waals surface area (Å²) in [5.74, 6) is 1.34. The summed E-state index contributed by atoms with van der Waals surface area (Å²) in [6, 6.07) is 9.16. The van der Waals surface area contributed by atoms with E-state index in [4.69, 9.17) is 10.00 Å². The summed E-state index contributed by atoms with van der Waals surface area (Å²) in [6.07, 6.45) is 1.58. The maximum absolute atomic E-state index is 8.95. The maximum atomic E-state index is 8.95. The number of anilines is 2. The van der Waals surface area contributed by atoms with Gasteiger partial charge in [-0.2, -0.15) is 5.26 Å². The predicted molar refractivity (Wildman–Crippen MR) is 67.8 cm³/mol. The molecule has 0 aliphatic carbocycles. The van der Waals surface area contributed by atoms with Crippen LogP contribution in [-0.4, -0.2) is 17.1 Å². The third-order valence-corrected chi connectivity index (χ3v) is 2.34. The minimum absolute atomic E-state index is 0.333. The number of nitrogens with zero attached hydrogens (tertiary/aromatic N) is 3. The van der Waals surface area contributed by atoms with E-state index >= 15 is 0 Å². The van der Waals surface area contributed by atoms with Crippen molar-refractivity contribution >= 4 is 11.5 Å². The van der Waals surface area contributed by atoms with Crippen LogP contribution in [0, 0.1) is 18.3 Å². The Morgan fingerprint density at radius 1 is 1.39 bits per heavy atom. The van der Waals surface area contributed by atoms with Crippen molar-refractivity contribution < 1.29 is 4.74 Å². The highest BCUT2D eigenvalue weighted by atomic mass is 16.5. The summed E-state index contributed by atoms with van der Waals surface area (Å²) < 4.78 is 5.17. The first-order valence-corrected chi connectivity index (χ1v) is 5.38. The topological polar surface area (TPSA) is 70.8 Å². The quantitative estimate of drug-likeness (QED) is 0.892. The summed E-state index contributed by atoms with van der Waals surface area (Å²) in [7, 11) is 1.60. The van der Waals surface area contributed by atoms with Crippen molar-refractivity contribution in [2.24, 2.45) is 0 Å². The van der Waals surface area contributed by atoms with Gasteiger partial charge in [-0.25, -0.2) is 9.97 Å². The Bertz CT molecular complexity index is 604. The molecule has 18 heavy (non-hydrogen) atoms. The smallest absolute Gasteiger partial charge is 0.163 e. The van der Waals surface area contributed by atoms with Crippen molar-refractivity contribution in [3.8, 4) is 11.8 Å². The molecule has 90 valence electrons. The van der Waals surface area contributed by atoms with E-state index in [0.717, 1.165) is 5.69 Å². The molecule has 0 aliphatic rings. The maximum Gasteiger partial charge on any atom is 0.163 e. The molecule has 2 aromatic rings. The van der Waals surface area contributed by atoms with Crippen LogP contribution in [0.25, 0.3) is 0 Å². The monoisotopic (exact) mass is 240 g/mol. The first kappa shape index (κ1) is 11.9. The van der Waals surface area contributed by atoms with Crippen LogP contribution >= 0.6 is 0 Å². The van der Waals surface area contributed by atoms with Crippen molar-refractivity contribution in [1.29, 1.82) is 5.26 Å². The number of hydrogen-bond donors (Lipinski definition) is 1. The van der Waals surface area contributed by atoms with Crippen molar-refractivity contribution in [2.45, 2.75) is 6.92 Å².